The van der Waals surface area contributed by atoms with Crippen LogP contribution in [0.15, 0.2) is 54.7 Å². The van der Waals surface area contributed by atoms with Gasteiger partial charge in [-0.05, 0) is 43.7 Å². The zero-order chi connectivity index (χ0) is 22.5. The van der Waals surface area contributed by atoms with Crippen LogP contribution in [0, 0.1) is 13.8 Å². The molecule has 3 aromatic rings. The first-order chi connectivity index (χ1) is 15.5. The van der Waals surface area contributed by atoms with Crippen LogP contribution in [0.4, 0.5) is 0 Å². The third kappa shape index (κ3) is 4.87. The third-order valence-corrected chi connectivity index (χ3v) is 5.55. The van der Waals surface area contributed by atoms with Gasteiger partial charge in [0.2, 0.25) is 0 Å². The zero-order valence-electron chi connectivity index (χ0n) is 18.3. The minimum absolute atomic E-state index is 0.241. The Labute approximate surface area is 187 Å². The van der Waals surface area contributed by atoms with Gasteiger partial charge in [-0.2, -0.15) is 0 Å². The highest BCUT2D eigenvalue weighted by molar-refractivity contribution is 5.99. The summed E-state index contributed by atoms with van der Waals surface area (Å²) in [7, 11) is 0. The highest BCUT2D eigenvalue weighted by atomic mass is 16.5. The molecule has 0 aliphatic carbocycles. The van der Waals surface area contributed by atoms with Crippen molar-refractivity contribution in [3.63, 3.8) is 0 Å². The fraction of sp³-hybridized carbons (Fsp3) is 0.292. The number of amides is 2. The molecular formula is C24H27N5O3. The van der Waals surface area contributed by atoms with Gasteiger partial charge in [0.15, 0.2) is 0 Å². The monoisotopic (exact) mass is 433 g/mol. The van der Waals surface area contributed by atoms with Gasteiger partial charge in [-0.15, -0.1) is 0 Å². The van der Waals surface area contributed by atoms with Crippen molar-refractivity contribution in [2.45, 2.75) is 20.4 Å². The Hall–Kier alpha value is -3.49. The second-order valence-electron chi connectivity index (χ2n) is 7.80. The fourth-order valence-corrected chi connectivity index (χ4v) is 3.88. The van der Waals surface area contributed by atoms with Gasteiger partial charge in [-0.1, -0.05) is 24.3 Å². The third-order valence-electron chi connectivity index (χ3n) is 5.55. The van der Waals surface area contributed by atoms with E-state index in [0.717, 1.165) is 55.5 Å². The molecule has 1 aliphatic rings. The number of aryl methyl sites for hydroxylation is 1. The standard InChI is InChI=1S/C24H27N5O3/c1-17-14-21(18(2)29(17)20-6-4-3-5-7-20)23(30)26-27-24(31)22-9-8-19(15-25-22)16-28-10-12-32-13-11-28/h3-9,14-15H,10-13,16H2,1-2H3,(H,26,30)(H,27,31). The molecule has 3 heterocycles. The van der Waals surface area contributed by atoms with Crippen LogP contribution in [0.1, 0.15) is 37.8 Å². The topological polar surface area (TPSA) is 88.5 Å². The number of morpholine rings is 1. The van der Waals surface area contributed by atoms with E-state index < -0.39 is 5.91 Å². The van der Waals surface area contributed by atoms with Crippen LogP contribution in [0.5, 0.6) is 0 Å². The van der Waals surface area contributed by atoms with E-state index >= 15 is 0 Å². The molecule has 2 amide bonds. The minimum atomic E-state index is -0.465. The molecule has 0 saturated carbocycles. The van der Waals surface area contributed by atoms with Crippen molar-refractivity contribution in [3.8, 4) is 5.69 Å². The Kier molecular flexibility index (Phi) is 6.63. The van der Waals surface area contributed by atoms with Crippen LogP contribution in [-0.4, -0.2) is 52.6 Å². The van der Waals surface area contributed by atoms with E-state index in [4.69, 9.17) is 4.74 Å². The first-order valence-electron chi connectivity index (χ1n) is 10.6. The molecule has 32 heavy (non-hydrogen) atoms. The Balaban J connectivity index is 1.36. The van der Waals surface area contributed by atoms with Gasteiger partial charge in [0, 0.05) is 42.9 Å². The Morgan fingerprint density at radius 3 is 2.41 bits per heavy atom. The largest absolute Gasteiger partial charge is 0.379 e. The number of nitrogens with zero attached hydrogens (tertiary/aromatic N) is 3. The minimum Gasteiger partial charge on any atom is -0.379 e. The molecule has 0 unspecified atom stereocenters. The number of benzene rings is 1. The van der Waals surface area contributed by atoms with Crippen molar-refractivity contribution >= 4 is 11.8 Å². The Bertz CT molecular complexity index is 1090. The van der Waals surface area contributed by atoms with E-state index in [1.807, 2.05) is 60.9 Å². The van der Waals surface area contributed by atoms with Crippen LogP contribution in [0.25, 0.3) is 5.69 Å². The van der Waals surface area contributed by atoms with Crippen LogP contribution in [-0.2, 0) is 11.3 Å². The van der Waals surface area contributed by atoms with Crippen molar-refractivity contribution in [2.75, 3.05) is 26.3 Å². The van der Waals surface area contributed by atoms with Gasteiger partial charge < -0.3 is 9.30 Å². The number of nitrogens with one attached hydrogen (secondary N) is 2. The predicted octanol–water partition coefficient (Wildman–Crippen LogP) is 2.40. The molecule has 1 aromatic carbocycles. The normalized spacial score (nSPS) is 14.2. The highest BCUT2D eigenvalue weighted by Crippen LogP contribution is 2.20. The summed E-state index contributed by atoms with van der Waals surface area (Å²) < 4.78 is 7.36. The van der Waals surface area contributed by atoms with Crippen molar-refractivity contribution in [1.82, 2.24) is 25.3 Å². The molecule has 8 heteroatoms. The fourth-order valence-electron chi connectivity index (χ4n) is 3.88. The number of carbonyl (C=O) groups excluding carboxylic acids is 2. The molecule has 8 nitrogen and oxygen atoms in total. The molecule has 166 valence electrons. The maximum Gasteiger partial charge on any atom is 0.288 e. The lowest BCUT2D eigenvalue weighted by atomic mass is 10.2. The zero-order valence-corrected chi connectivity index (χ0v) is 18.3. The summed E-state index contributed by atoms with van der Waals surface area (Å²) in [4.78, 5) is 31.7. The average Bonchev–Trinajstić information content (AvgIpc) is 3.13. The smallest absolute Gasteiger partial charge is 0.288 e. The molecule has 0 atom stereocenters. The molecule has 1 aliphatic heterocycles. The van der Waals surface area contributed by atoms with Gasteiger partial charge in [0.05, 0.1) is 18.8 Å². The second-order valence-corrected chi connectivity index (χ2v) is 7.80. The number of hydrazine groups is 1. The highest BCUT2D eigenvalue weighted by Gasteiger charge is 2.18. The predicted molar refractivity (Wildman–Crippen MR) is 121 cm³/mol. The molecule has 2 N–H and O–H groups in total. The van der Waals surface area contributed by atoms with Crippen LogP contribution < -0.4 is 10.9 Å². The maximum atomic E-state index is 12.7. The number of hydrogen-bond donors (Lipinski definition) is 2. The van der Waals surface area contributed by atoms with Crippen LogP contribution in [0.3, 0.4) is 0 Å². The lowest BCUT2D eigenvalue weighted by molar-refractivity contribution is 0.0341. The summed E-state index contributed by atoms with van der Waals surface area (Å²) in [6.07, 6.45) is 1.69. The number of carbonyl (C=O) groups is 2. The second kappa shape index (κ2) is 9.76. The van der Waals surface area contributed by atoms with E-state index in [1.165, 1.54) is 0 Å². The maximum absolute atomic E-state index is 12.7. The van der Waals surface area contributed by atoms with E-state index in [-0.39, 0.29) is 11.6 Å². The van der Waals surface area contributed by atoms with Gasteiger partial charge >= 0.3 is 0 Å². The lowest BCUT2D eigenvalue weighted by Crippen LogP contribution is -2.42. The number of pyridine rings is 1. The number of hydrogen-bond acceptors (Lipinski definition) is 5. The summed E-state index contributed by atoms with van der Waals surface area (Å²) in [5, 5.41) is 0. The molecule has 0 radical (unpaired) electrons. The molecule has 2 aromatic heterocycles. The summed E-state index contributed by atoms with van der Waals surface area (Å²) in [6, 6.07) is 15.2. The van der Waals surface area contributed by atoms with Crippen LogP contribution in [0.2, 0.25) is 0 Å². The van der Waals surface area contributed by atoms with Crippen molar-refractivity contribution in [1.29, 1.82) is 0 Å². The van der Waals surface area contributed by atoms with E-state index in [0.29, 0.717) is 5.56 Å². The van der Waals surface area contributed by atoms with Gasteiger partial charge in [-0.3, -0.25) is 30.3 Å². The number of rotatable bonds is 5. The van der Waals surface area contributed by atoms with Gasteiger partial charge in [0.25, 0.3) is 11.8 Å². The van der Waals surface area contributed by atoms with Crippen molar-refractivity contribution < 1.29 is 14.3 Å². The quantitative estimate of drug-likeness (QED) is 0.604. The Morgan fingerprint density at radius 1 is 1.00 bits per heavy atom. The van der Waals surface area contributed by atoms with E-state index in [9.17, 15) is 9.59 Å². The average molecular weight is 434 g/mol. The van der Waals surface area contributed by atoms with E-state index in [2.05, 4.69) is 20.7 Å². The number of ether oxygens (including phenoxy) is 1. The molecule has 0 spiro atoms. The van der Waals surface area contributed by atoms with Crippen molar-refractivity contribution in [2.24, 2.45) is 0 Å². The van der Waals surface area contributed by atoms with Crippen LogP contribution >= 0.6 is 0 Å². The summed E-state index contributed by atoms with van der Waals surface area (Å²) in [5.74, 6) is -0.842. The summed E-state index contributed by atoms with van der Waals surface area (Å²) in [6.45, 7) is 7.84. The van der Waals surface area contributed by atoms with E-state index in [1.54, 1.807) is 12.3 Å². The lowest BCUT2D eigenvalue weighted by Gasteiger charge is -2.26. The van der Waals surface area contributed by atoms with Crippen molar-refractivity contribution in [3.05, 3.63) is 82.9 Å². The molecular weight excluding hydrogens is 406 g/mol. The molecule has 1 fully saturated rings. The summed E-state index contributed by atoms with van der Waals surface area (Å²) in [5.41, 5.74) is 9.43. The Morgan fingerprint density at radius 2 is 1.72 bits per heavy atom. The molecule has 0 bridgehead atoms. The molecule has 1 saturated heterocycles. The first-order valence-corrected chi connectivity index (χ1v) is 10.6. The SMILES string of the molecule is Cc1cc(C(=O)NNC(=O)c2ccc(CN3CCOCC3)cn2)c(C)n1-c1ccccc1. The number of para-hydroxylation sites is 1. The van der Waals surface area contributed by atoms with Gasteiger partial charge in [0.1, 0.15) is 5.69 Å². The van der Waals surface area contributed by atoms with Gasteiger partial charge in [-0.25, -0.2) is 0 Å². The first kappa shape index (κ1) is 21.7. The number of aromatic nitrogens is 2. The molecule has 4 rings (SSSR count). The summed E-state index contributed by atoms with van der Waals surface area (Å²) >= 11 is 0.